The van der Waals surface area contributed by atoms with Gasteiger partial charge in [0.05, 0.1) is 17.8 Å². The minimum atomic E-state index is -4.55. The highest BCUT2D eigenvalue weighted by Gasteiger charge is 2.33. The first-order chi connectivity index (χ1) is 16.3. The van der Waals surface area contributed by atoms with Gasteiger partial charge in [-0.05, 0) is 36.2 Å². The molecule has 2 aliphatic rings. The van der Waals surface area contributed by atoms with Crippen LogP contribution in [0.5, 0.6) is 11.5 Å². The average molecular weight is 477 g/mol. The Bertz CT molecular complexity index is 1040. The van der Waals surface area contributed by atoms with Crippen molar-refractivity contribution in [1.29, 1.82) is 0 Å². The number of carbonyl (C=O) groups is 2. The molecule has 7 nitrogen and oxygen atoms in total. The van der Waals surface area contributed by atoms with E-state index < -0.39 is 17.6 Å². The lowest BCUT2D eigenvalue weighted by atomic mass is 10.1. The predicted octanol–water partition coefficient (Wildman–Crippen LogP) is 3.19. The van der Waals surface area contributed by atoms with Gasteiger partial charge < -0.3 is 19.7 Å². The molecule has 4 rings (SSSR count). The highest BCUT2D eigenvalue weighted by molar-refractivity contribution is 5.93. The molecular weight excluding hydrogens is 451 g/mol. The van der Waals surface area contributed by atoms with Crippen LogP contribution in [0.1, 0.15) is 17.5 Å². The monoisotopic (exact) mass is 477 g/mol. The summed E-state index contributed by atoms with van der Waals surface area (Å²) >= 11 is 0. The number of anilines is 1. The Balaban J connectivity index is 1.22. The Morgan fingerprint density at radius 2 is 1.65 bits per heavy atom. The van der Waals surface area contributed by atoms with Gasteiger partial charge in [0.1, 0.15) is 13.2 Å². The summed E-state index contributed by atoms with van der Waals surface area (Å²) in [7, 11) is 0. The maximum Gasteiger partial charge on any atom is 0.418 e. The minimum absolute atomic E-state index is 0.0260. The Hall–Kier alpha value is -3.27. The number of benzene rings is 2. The molecule has 0 aliphatic carbocycles. The van der Waals surface area contributed by atoms with Gasteiger partial charge in [0.15, 0.2) is 11.5 Å². The smallest absolute Gasteiger partial charge is 0.418 e. The Morgan fingerprint density at radius 3 is 2.38 bits per heavy atom. The molecule has 1 saturated heterocycles. The molecule has 1 N–H and O–H groups in total. The SMILES string of the molecule is O=C(CN1CCN(C(=O)CCc2ccc3c(c2)OCCO3)CC1)Nc1ccccc1C(F)(F)F. The second kappa shape index (κ2) is 10.3. The van der Waals surface area contributed by atoms with E-state index in [9.17, 15) is 22.8 Å². The van der Waals surface area contributed by atoms with Crippen LogP contribution < -0.4 is 14.8 Å². The van der Waals surface area contributed by atoms with Crippen molar-refractivity contribution < 1.29 is 32.2 Å². The molecule has 0 radical (unpaired) electrons. The summed E-state index contributed by atoms with van der Waals surface area (Å²) in [6.07, 6.45) is -3.61. The summed E-state index contributed by atoms with van der Waals surface area (Å²) in [4.78, 5) is 28.5. The van der Waals surface area contributed by atoms with Crippen LogP contribution in [0.2, 0.25) is 0 Å². The molecule has 0 atom stereocenters. The molecule has 0 spiro atoms. The number of hydrogen-bond donors (Lipinski definition) is 1. The standard InChI is InChI=1S/C24H26F3N3O4/c25-24(26,27)18-3-1-2-4-19(18)28-22(31)16-29-9-11-30(12-10-29)23(32)8-6-17-5-7-20-21(15-17)34-14-13-33-20/h1-5,7,15H,6,8-14,16H2,(H,28,31). The zero-order valence-corrected chi connectivity index (χ0v) is 18.6. The third-order valence-electron chi connectivity index (χ3n) is 5.83. The molecular formula is C24H26F3N3O4. The topological polar surface area (TPSA) is 71.1 Å². The summed E-state index contributed by atoms with van der Waals surface area (Å²) in [5.41, 5.74) is -0.142. The molecule has 34 heavy (non-hydrogen) atoms. The van der Waals surface area contributed by atoms with Crippen LogP contribution in [0.15, 0.2) is 42.5 Å². The lowest BCUT2D eigenvalue weighted by Crippen LogP contribution is -2.50. The fraction of sp³-hybridized carbons (Fsp3) is 0.417. The van der Waals surface area contributed by atoms with Crippen LogP contribution in [0, 0.1) is 0 Å². The van der Waals surface area contributed by atoms with E-state index in [0.29, 0.717) is 63.7 Å². The van der Waals surface area contributed by atoms with E-state index in [2.05, 4.69) is 5.32 Å². The van der Waals surface area contributed by atoms with Gasteiger partial charge in [-0.15, -0.1) is 0 Å². The van der Waals surface area contributed by atoms with Crippen molar-refractivity contribution in [3.63, 3.8) is 0 Å². The number of alkyl halides is 3. The zero-order valence-electron chi connectivity index (χ0n) is 18.6. The van der Waals surface area contributed by atoms with Gasteiger partial charge >= 0.3 is 6.18 Å². The lowest BCUT2D eigenvalue weighted by molar-refractivity contribution is -0.137. The molecule has 182 valence electrons. The van der Waals surface area contributed by atoms with Gasteiger partial charge in [-0.1, -0.05) is 18.2 Å². The normalized spacial score (nSPS) is 16.3. The third kappa shape index (κ3) is 5.99. The van der Waals surface area contributed by atoms with Crippen molar-refractivity contribution in [2.75, 3.05) is 51.3 Å². The number of aryl methyl sites for hydroxylation is 1. The summed E-state index contributed by atoms with van der Waals surface area (Å²) in [5, 5.41) is 2.36. The summed E-state index contributed by atoms with van der Waals surface area (Å²) in [6, 6.07) is 10.6. The van der Waals surface area contributed by atoms with Crippen molar-refractivity contribution in [3.8, 4) is 11.5 Å². The quantitative estimate of drug-likeness (QED) is 0.692. The molecule has 0 unspecified atom stereocenters. The van der Waals surface area contributed by atoms with E-state index in [1.165, 1.54) is 18.2 Å². The molecule has 10 heteroatoms. The maximum atomic E-state index is 13.1. The second-order valence-corrected chi connectivity index (χ2v) is 8.23. The Morgan fingerprint density at radius 1 is 0.941 bits per heavy atom. The van der Waals surface area contributed by atoms with Gasteiger partial charge in [0.2, 0.25) is 11.8 Å². The molecule has 2 aromatic rings. The summed E-state index contributed by atoms with van der Waals surface area (Å²) in [5.74, 6) is 0.914. The number of halogens is 3. The van der Waals surface area contributed by atoms with Gasteiger partial charge in [0, 0.05) is 32.6 Å². The highest BCUT2D eigenvalue weighted by Crippen LogP contribution is 2.34. The minimum Gasteiger partial charge on any atom is -0.486 e. The van der Waals surface area contributed by atoms with Gasteiger partial charge in [0.25, 0.3) is 0 Å². The van der Waals surface area contributed by atoms with Gasteiger partial charge in [-0.25, -0.2) is 0 Å². The number of fused-ring (bicyclic) bond motifs is 1. The molecule has 2 aromatic carbocycles. The fourth-order valence-electron chi connectivity index (χ4n) is 4.04. The van der Waals surface area contributed by atoms with Crippen molar-refractivity contribution in [3.05, 3.63) is 53.6 Å². The molecule has 1 fully saturated rings. The predicted molar refractivity (Wildman–Crippen MR) is 119 cm³/mol. The number of carbonyl (C=O) groups excluding carboxylic acids is 2. The number of amides is 2. The molecule has 0 saturated carbocycles. The first-order valence-corrected chi connectivity index (χ1v) is 11.1. The van der Waals surface area contributed by atoms with E-state index in [0.717, 1.165) is 11.6 Å². The van der Waals surface area contributed by atoms with E-state index in [4.69, 9.17) is 9.47 Å². The van der Waals surface area contributed by atoms with Crippen LogP contribution in [0.3, 0.4) is 0 Å². The zero-order chi connectivity index (χ0) is 24.1. The third-order valence-corrected chi connectivity index (χ3v) is 5.83. The van der Waals surface area contributed by atoms with E-state index in [-0.39, 0.29) is 18.1 Å². The van der Waals surface area contributed by atoms with Crippen LogP contribution in [0.25, 0.3) is 0 Å². The number of nitrogens with zero attached hydrogens (tertiary/aromatic N) is 2. The second-order valence-electron chi connectivity index (χ2n) is 8.23. The van der Waals surface area contributed by atoms with Crippen molar-refractivity contribution in [2.45, 2.75) is 19.0 Å². The van der Waals surface area contributed by atoms with Crippen LogP contribution >= 0.6 is 0 Å². The van der Waals surface area contributed by atoms with Crippen molar-refractivity contribution in [2.24, 2.45) is 0 Å². The Labute approximate surface area is 195 Å². The average Bonchev–Trinajstić information content (AvgIpc) is 2.82. The first-order valence-electron chi connectivity index (χ1n) is 11.1. The number of piperazine rings is 1. The number of nitrogens with one attached hydrogen (secondary N) is 1. The maximum absolute atomic E-state index is 13.1. The fourth-order valence-corrected chi connectivity index (χ4v) is 4.04. The number of hydrogen-bond acceptors (Lipinski definition) is 5. The molecule has 2 heterocycles. The van der Waals surface area contributed by atoms with Gasteiger partial charge in [-0.3, -0.25) is 14.5 Å². The highest BCUT2D eigenvalue weighted by atomic mass is 19.4. The molecule has 2 aliphatic heterocycles. The molecule has 0 bridgehead atoms. The van der Waals surface area contributed by atoms with Gasteiger partial charge in [-0.2, -0.15) is 13.2 Å². The number of rotatable bonds is 6. The van der Waals surface area contributed by atoms with Crippen LogP contribution in [-0.2, 0) is 22.2 Å². The number of ether oxygens (including phenoxy) is 2. The Kier molecular flexibility index (Phi) is 7.26. The van der Waals surface area contributed by atoms with Crippen LogP contribution in [-0.4, -0.2) is 67.6 Å². The van der Waals surface area contributed by atoms with Crippen molar-refractivity contribution in [1.82, 2.24) is 9.80 Å². The van der Waals surface area contributed by atoms with E-state index in [1.54, 1.807) is 4.90 Å². The molecule has 0 aromatic heterocycles. The molecule has 2 amide bonds. The summed E-state index contributed by atoms with van der Waals surface area (Å²) in [6.45, 7) is 2.88. The van der Waals surface area contributed by atoms with Crippen molar-refractivity contribution >= 4 is 17.5 Å². The van der Waals surface area contributed by atoms with E-state index >= 15 is 0 Å². The van der Waals surface area contributed by atoms with Crippen LogP contribution in [0.4, 0.5) is 18.9 Å². The lowest BCUT2D eigenvalue weighted by Gasteiger charge is -2.34. The van der Waals surface area contributed by atoms with E-state index in [1.807, 2.05) is 23.1 Å². The first kappa shape index (κ1) is 23.9. The summed E-state index contributed by atoms with van der Waals surface area (Å²) < 4.78 is 50.4. The number of para-hydroxylation sites is 1. The largest absolute Gasteiger partial charge is 0.486 e.